The molecule has 0 saturated carbocycles. The van der Waals surface area contributed by atoms with E-state index in [1.54, 1.807) is 0 Å². The minimum atomic E-state index is -5.55. The van der Waals surface area contributed by atoms with Crippen molar-refractivity contribution in [2.24, 2.45) is 5.41 Å². The Morgan fingerprint density at radius 2 is 1.82 bits per heavy atom. The number of anilines is 1. The van der Waals surface area contributed by atoms with Crippen LogP contribution in [0.5, 0.6) is 0 Å². The van der Waals surface area contributed by atoms with Gasteiger partial charge in [0.1, 0.15) is 36.3 Å². The molecule has 1 saturated heterocycles. The number of aliphatic hydroxyl groups is 2. The number of carbonyl (C=O) groups excluding carboxylic acids is 2. The molecular weight excluding hydrogens is 767 g/mol. The number of hydrogen-bond acceptors (Lipinski definition) is 17. The topological polar surface area (TPSA) is 347 Å². The van der Waals surface area contributed by atoms with Crippen LogP contribution < -0.4 is 16.4 Å². The first-order valence-electron chi connectivity index (χ1n) is 14.6. The lowest BCUT2D eigenvalue weighted by Gasteiger charge is -2.30. The lowest BCUT2D eigenvalue weighted by Crippen LogP contribution is -2.46. The number of nitrogens with two attached hydrogens (primary N) is 1. The van der Waals surface area contributed by atoms with E-state index < -0.39 is 78.6 Å². The highest BCUT2D eigenvalue weighted by Crippen LogP contribution is 2.61. The molecule has 1 fully saturated rings. The number of imidazole rings is 1. The second-order valence-electron chi connectivity index (χ2n) is 11.3. The van der Waals surface area contributed by atoms with Gasteiger partial charge in [0.25, 0.3) is 0 Å². The molecule has 2 unspecified atom stereocenters. The smallest absolute Gasteiger partial charge is 0.386 e. The van der Waals surface area contributed by atoms with Crippen molar-refractivity contribution in [3.05, 3.63) is 12.7 Å². The van der Waals surface area contributed by atoms with Crippen LogP contribution >= 0.6 is 35.2 Å². The van der Waals surface area contributed by atoms with Crippen molar-refractivity contribution < 1.29 is 75.7 Å². The molecule has 27 heteroatoms. The van der Waals surface area contributed by atoms with Crippen LogP contribution in [0.3, 0.4) is 0 Å². The van der Waals surface area contributed by atoms with Crippen molar-refractivity contribution in [1.29, 1.82) is 0 Å². The summed E-state index contributed by atoms with van der Waals surface area (Å²) in [6.07, 6.45) is -1.64. The number of nitrogen functional groups attached to an aromatic ring is 1. The number of terminal acetylenes is 1. The van der Waals surface area contributed by atoms with Gasteiger partial charge in [-0.05, 0) is 0 Å². The Morgan fingerprint density at radius 1 is 1.14 bits per heavy atom. The second-order valence-corrected chi connectivity index (χ2v) is 16.7. The number of ether oxygens (including phenoxy) is 1. The zero-order valence-corrected chi connectivity index (χ0v) is 30.5. The Morgan fingerprint density at radius 3 is 2.49 bits per heavy atom. The normalized spacial score (nSPS) is 22.5. The molecule has 23 nitrogen and oxygen atoms in total. The Bertz CT molecular complexity index is 1720. The molecule has 1 aliphatic heterocycles. The van der Waals surface area contributed by atoms with Gasteiger partial charge in [-0.15, -0.1) is 18.2 Å². The zero-order valence-electron chi connectivity index (χ0n) is 27.0. The number of aromatic nitrogens is 4. The third-order valence-electron chi connectivity index (χ3n) is 6.83. The van der Waals surface area contributed by atoms with Crippen LogP contribution in [-0.2, 0) is 45.9 Å². The van der Waals surface area contributed by atoms with E-state index in [9.17, 15) is 53.1 Å². The molecular formula is C24H38N7O16P3S. The predicted octanol–water partition coefficient (Wildman–Crippen LogP) is -1.23. The van der Waals surface area contributed by atoms with E-state index >= 15 is 0 Å². The van der Waals surface area contributed by atoms with Crippen LogP contribution in [0.4, 0.5) is 5.82 Å². The van der Waals surface area contributed by atoms with E-state index in [1.165, 1.54) is 25.6 Å². The molecule has 0 bridgehead atoms. The van der Waals surface area contributed by atoms with Crippen LogP contribution in [-0.4, -0.2) is 123 Å². The van der Waals surface area contributed by atoms with Gasteiger partial charge in [0.05, 0.1) is 25.3 Å². The average Bonchev–Trinajstić information content (AvgIpc) is 3.58. The number of thioether (sulfide) groups is 1. The molecule has 10 N–H and O–H groups in total. The molecule has 0 spiro atoms. The van der Waals surface area contributed by atoms with Crippen molar-refractivity contribution in [2.45, 2.75) is 50.9 Å². The zero-order chi connectivity index (χ0) is 38.2. The van der Waals surface area contributed by atoms with Crippen molar-refractivity contribution >= 4 is 64.0 Å². The minimum absolute atomic E-state index is 0.0356. The largest absolute Gasteiger partial charge is 0.481 e. The highest BCUT2D eigenvalue weighted by Gasteiger charge is 2.50. The maximum atomic E-state index is 12.6. The molecule has 0 aromatic carbocycles. The first kappa shape index (κ1) is 42.9. The number of fused-ring (bicyclic) bond motifs is 1. The fourth-order valence-electron chi connectivity index (χ4n) is 4.33. The summed E-state index contributed by atoms with van der Waals surface area (Å²) in [7, 11) is -16.3. The maximum Gasteiger partial charge on any atom is 0.481 e. The quantitative estimate of drug-likeness (QED) is 0.0430. The number of carbonyl (C=O) groups is 2. The SMILES string of the molecule is C#CCSCCNC(=O)CCNC(=O)[C@@H](O)C(C)(C)COP(=O)(O)OP(=O)(O)OC[C@H]1O[C@@H](n2cnc3c(N)ncnc32)[C@H](O)[C@@H]1OP(=O)(O)O. The standard InChI is InChI=1S/C24H38N7O16P3S/c1-4-8-51-9-7-26-15(32)5-6-27-22(35)19(34)24(2,3)11-44-50(41,42)47-49(39,40)43-10-14-18(46-48(36,37)38)17(33)23(45-14)31-13-30-16-20(25)28-12-29-21(16)31/h1,12-14,17-19,23,33-34H,5-11H2,2-3H3,(H,26,32)(H,27,35)(H,39,40)(H,41,42)(H2,25,28,29)(H2,36,37,38)/t14-,17-,18-,19-,23-/m1/s1. The highest BCUT2D eigenvalue weighted by molar-refractivity contribution is 7.99. The molecule has 3 rings (SSSR count). The number of hydrogen-bond donors (Lipinski definition) is 9. The number of phosphoric ester groups is 3. The summed E-state index contributed by atoms with van der Waals surface area (Å²) >= 11 is 1.45. The third kappa shape index (κ3) is 12.8. The highest BCUT2D eigenvalue weighted by atomic mass is 32.2. The number of nitrogens with one attached hydrogen (secondary N) is 2. The Balaban J connectivity index is 1.55. The summed E-state index contributed by atoms with van der Waals surface area (Å²) in [6.45, 7) is 0.751. The van der Waals surface area contributed by atoms with Gasteiger partial charge in [-0.1, -0.05) is 19.8 Å². The number of nitrogens with zero attached hydrogens (tertiary/aromatic N) is 4. The minimum Gasteiger partial charge on any atom is -0.386 e. The van der Waals surface area contributed by atoms with Gasteiger partial charge in [0.15, 0.2) is 17.7 Å². The molecule has 7 atom stereocenters. The molecule has 51 heavy (non-hydrogen) atoms. The molecule has 2 aromatic heterocycles. The fourth-order valence-corrected chi connectivity index (χ4v) is 7.67. The number of phosphoric acid groups is 3. The van der Waals surface area contributed by atoms with E-state index in [4.69, 9.17) is 25.9 Å². The monoisotopic (exact) mass is 805 g/mol. The Kier molecular flexibility index (Phi) is 15.1. The molecule has 0 radical (unpaired) electrons. The molecule has 2 amide bonds. The van der Waals surface area contributed by atoms with Crippen LogP contribution in [0.15, 0.2) is 12.7 Å². The Hall–Kier alpha value is -2.55. The Labute approximate surface area is 294 Å². The predicted molar refractivity (Wildman–Crippen MR) is 176 cm³/mol. The van der Waals surface area contributed by atoms with Crippen LogP contribution in [0.1, 0.15) is 26.5 Å². The second kappa shape index (κ2) is 18.0. The van der Waals surface area contributed by atoms with E-state index in [2.05, 4.69) is 40.3 Å². The lowest BCUT2D eigenvalue weighted by molar-refractivity contribution is -0.137. The summed E-state index contributed by atoms with van der Waals surface area (Å²) in [5.74, 6) is 2.19. The number of rotatable bonds is 20. The van der Waals surface area contributed by atoms with Crippen molar-refractivity contribution in [1.82, 2.24) is 30.2 Å². The van der Waals surface area contributed by atoms with Gasteiger partial charge < -0.3 is 50.9 Å². The molecule has 0 aliphatic carbocycles. The van der Waals surface area contributed by atoms with E-state index in [1.807, 2.05) is 0 Å². The number of aliphatic hydroxyl groups excluding tert-OH is 2. The molecule has 2 aromatic rings. The average molecular weight is 806 g/mol. The van der Waals surface area contributed by atoms with Crippen molar-refractivity contribution in [3.63, 3.8) is 0 Å². The van der Waals surface area contributed by atoms with Gasteiger partial charge in [0, 0.05) is 30.7 Å². The third-order valence-corrected chi connectivity index (χ3v) is 10.8. The van der Waals surface area contributed by atoms with Crippen LogP contribution in [0.25, 0.3) is 11.2 Å². The van der Waals surface area contributed by atoms with Crippen LogP contribution in [0.2, 0.25) is 0 Å². The maximum absolute atomic E-state index is 12.6. The summed E-state index contributed by atoms with van der Waals surface area (Å²) in [5.41, 5.74) is 4.29. The van der Waals surface area contributed by atoms with Gasteiger partial charge in [0.2, 0.25) is 11.8 Å². The van der Waals surface area contributed by atoms with Gasteiger partial charge in [-0.2, -0.15) is 4.31 Å². The molecule has 3 heterocycles. The van der Waals surface area contributed by atoms with E-state index in [-0.39, 0.29) is 35.9 Å². The van der Waals surface area contributed by atoms with Crippen molar-refractivity contribution in [2.75, 3.05) is 43.5 Å². The van der Waals surface area contributed by atoms with E-state index in [0.29, 0.717) is 18.1 Å². The fraction of sp³-hybridized carbons (Fsp3) is 0.625. The van der Waals surface area contributed by atoms with Crippen LogP contribution in [0, 0.1) is 17.8 Å². The van der Waals surface area contributed by atoms with Gasteiger partial charge >= 0.3 is 23.5 Å². The van der Waals surface area contributed by atoms with Crippen molar-refractivity contribution in [3.8, 4) is 12.3 Å². The van der Waals surface area contributed by atoms with Gasteiger partial charge in [-0.25, -0.2) is 28.6 Å². The molecule has 286 valence electrons. The summed E-state index contributed by atoms with van der Waals surface area (Å²) in [6, 6.07) is 0. The van der Waals surface area contributed by atoms with Gasteiger partial charge in [-0.3, -0.25) is 27.7 Å². The van der Waals surface area contributed by atoms with E-state index in [0.717, 1.165) is 17.2 Å². The first-order chi connectivity index (χ1) is 23.7. The first-order valence-corrected chi connectivity index (χ1v) is 20.2. The number of amides is 2. The summed E-state index contributed by atoms with van der Waals surface area (Å²) in [4.78, 5) is 75.1. The lowest BCUT2D eigenvalue weighted by atomic mass is 9.87. The summed E-state index contributed by atoms with van der Waals surface area (Å²) in [5, 5.41) is 26.3. The molecule has 1 aliphatic rings. The summed E-state index contributed by atoms with van der Waals surface area (Å²) < 4.78 is 61.9.